The van der Waals surface area contributed by atoms with Crippen molar-refractivity contribution in [3.05, 3.63) is 60.0 Å². The van der Waals surface area contributed by atoms with Gasteiger partial charge >= 0.3 is 0 Å². The highest BCUT2D eigenvalue weighted by Gasteiger charge is 2.33. The van der Waals surface area contributed by atoms with E-state index in [0.29, 0.717) is 31.1 Å². The molecule has 0 aliphatic carbocycles. The van der Waals surface area contributed by atoms with Crippen LogP contribution in [0.5, 0.6) is 5.75 Å². The van der Waals surface area contributed by atoms with Gasteiger partial charge in [0.1, 0.15) is 30.1 Å². The van der Waals surface area contributed by atoms with Gasteiger partial charge in [0.15, 0.2) is 5.58 Å². The van der Waals surface area contributed by atoms with Gasteiger partial charge in [-0.25, -0.2) is 9.37 Å². The number of aromatic nitrogens is 1. The predicted octanol–water partition coefficient (Wildman–Crippen LogP) is 3.58. The van der Waals surface area contributed by atoms with Crippen molar-refractivity contribution in [3.63, 3.8) is 0 Å². The summed E-state index contributed by atoms with van der Waals surface area (Å²) in [4.78, 5) is 6.41. The first-order valence-electron chi connectivity index (χ1n) is 8.66. The van der Waals surface area contributed by atoms with E-state index in [1.807, 2.05) is 48.5 Å². The molecule has 0 N–H and O–H groups in total. The molecular formula is C20H21FN2O3. The molecule has 4 rings (SSSR count). The summed E-state index contributed by atoms with van der Waals surface area (Å²) in [7, 11) is 1.64. The van der Waals surface area contributed by atoms with Crippen LogP contribution in [0.3, 0.4) is 0 Å². The van der Waals surface area contributed by atoms with E-state index >= 15 is 0 Å². The Bertz CT molecular complexity index is 849. The third-order valence-corrected chi connectivity index (χ3v) is 4.57. The van der Waals surface area contributed by atoms with E-state index in [0.717, 1.165) is 16.8 Å². The lowest BCUT2D eigenvalue weighted by Gasteiger charge is -2.16. The lowest BCUT2D eigenvalue weighted by Crippen LogP contribution is -2.24. The first kappa shape index (κ1) is 17.0. The lowest BCUT2D eigenvalue weighted by atomic mass is 10.2. The molecule has 0 radical (unpaired) electrons. The van der Waals surface area contributed by atoms with Crippen LogP contribution in [-0.2, 0) is 17.9 Å². The maximum absolute atomic E-state index is 14.4. The van der Waals surface area contributed by atoms with E-state index in [9.17, 15) is 4.39 Å². The number of alkyl halides is 1. The SMILES string of the molecule is COc1cccc(CN2C[C@@H](F)[C@@H](OCc3nc4ccccc4o3)C2)c1. The predicted molar refractivity (Wildman–Crippen MR) is 95.8 cm³/mol. The number of nitrogens with zero attached hydrogens (tertiary/aromatic N) is 2. The summed E-state index contributed by atoms with van der Waals surface area (Å²) < 4.78 is 31.0. The van der Waals surface area contributed by atoms with Crippen LogP contribution in [0.25, 0.3) is 11.1 Å². The Hall–Kier alpha value is -2.44. The smallest absolute Gasteiger partial charge is 0.221 e. The average molecular weight is 356 g/mol. The van der Waals surface area contributed by atoms with Crippen LogP contribution in [0.4, 0.5) is 4.39 Å². The lowest BCUT2D eigenvalue weighted by molar-refractivity contribution is 0.00239. The van der Waals surface area contributed by atoms with Gasteiger partial charge in [0.05, 0.1) is 7.11 Å². The Labute approximate surface area is 151 Å². The van der Waals surface area contributed by atoms with Crippen LogP contribution in [0, 0.1) is 0 Å². The molecule has 3 aromatic rings. The third-order valence-electron chi connectivity index (χ3n) is 4.57. The fourth-order valence-electron chi connectivity index (χ4n) is 3.28. The van der Waals surface area contributed by atoms with Crippen molar-refractivity contribution in [2.75, 3.05) is 20.2 Å². The standard InChI is InChI=1S/C20H21FN2O3/c1-24-15-6-4-5-14(9-15)10-23-11-16(21)19(12-23)25-13-20-22-17-7-2-3-8-18(17)26-20/h2-9,16,19H,10-13H2,1H3/t16-,19+/m1/s1. The second-order valence-corrected chi connectivity index (χ2v) is 6.49. The van der Waals surface area contributed by atoms with E-state index in [1.54, 1.807) is 7.11 Å². The van der Waals surface area contributed by atoms with E-state index in [4.69, 9.17) is 13.9 Å². The number of para-hydroxylation sites is 2. The number of benzene rings is 2. The highest BCUT2D eigenvalue weighted by molar-refractivity contribution is 5.72. The first-order chi connectivity index (χ1) is 12.7. The highest BCUT2D eigenvalue weighted by atomic mass is 19.1. The van der Waals surface area contributed by atoms with Crippen molar-refractivity contribution in [3.8, 4) is 5.75 Å². The summed E-state index contributed by atoms with van der Waals surface area (Å²) in [5, 5.41) is 0. The number of hydrogen-bond donors (Lipinski definition) is 0. The fraction of sp³-hybridized carbons (Fsp3) is 0.350. The summed E-state index contributed by atoms with van der Waals surface area (Å²) in [5.74, 6) is 1.28. The Morgan fingerprint density at radius 2 is 2.08 bits per heavy atom. The molecule has 0 saturated carbocycles. The van der Waals surface area contributed by atoms with Crippen molar-refractivity contribution >= 4 is 11.1 Å². The largest absolute Gasteiger partial charge is 0.497 e. The molecule has 0 amide bonds. The number of halogens is 1. The molecule has 26 heavy (non-hydrogen) atoms. The Morgan fingerprint density at radius 1 is 1.19 bits per heavy atom. The zero-order valence-corrected chi connectivity index (χ0v) is 14.6. The van der Waals surface area contributed by atoms with Gasteiger partial charge in [0.2, 0.25) is 5.89 Å². The quantitative estimate of drug-likeness (QED) is 0.676. The minimum atomic E-state index is -1.02. The number of oxazole rings is 1. The van der Waals surface area contributed by atoms with E-state index in [-0.39, 0.29) is 6.61 Å². The number of ether oxygens (including phenoxy) is 2. The fourth-order valence-corrected chi connectivity index (χ4v) is 3.28. The van der Waals surface area contributed by atoms with Crippen LogP contribution in [-0.4, -0.2) is 42.4 Å². The maximum Gasteiger partial charge on any atom is 0.221 e. The van der Waals surface area contributed by atoms with Crippen LogP contribution in [0.2, 0.25) is 0 Å². The molecule has 2 heterocycles. The second kappa shape index (κ2) is 7.43. The second-order valence-electron chi connectivity index (χ2n) is 6.49. The van der Waals surface area contributed by atoms with Gasteiger partial charge in [-0.3, -0.25) is 4.90 Å². The summed E-state index contributed by atoms with van der Waals surface area (Å²) >= 11 is 0. The summed E-state index contributed by atoms with van der Waals surface area (Å²) in [6, 6.07) is 15.4. The average Bonchev–Trinajstić information content (AvgIpc) is 3.22. The van der Waals surface area contributed by atoms with Gasteiger partial charge < -0.3 is 13.9 Å². The van der Waals surface area contributed by atoms with Crippen LogP contribution in [0.1, 0.15) is 11.5 Å². The minimum Gasteiger partial charge on any atom is -0.497 e. The molecule has 1 aliphatic heterocycles. The summed E-state index contributed by atoms with van der Waals surface area (Å²) in [5.41, 5.74) is 2.60. The molecule has 136 valence electrons. The highest BCUT2D eigenvalue weighted by Crippen LogP contribution is 2.23. The zero-order chi connectivity index (χ0) is 17.9. The molecule has 0 bridgehead atoms. The number of fused-ring (bicyclic) bond motifs is 1. The Kier molecular flexibility index (Phi) is 4.86. The molecule has 5 nitrogen and oxygen atoms in total. The van der Waals surface area contributed by atoms with Crippen molar-refractivity contribution in [2.45, 2.75) is 25.4 Å². The van der Waals surface area contributed by atoms with Gasteiger partial charge in [-0.2, -0.15) is 0 Å². The van der Waals surface area contributed by atoms with Crippen LogP contribution in [0.15, 0.2) is 52.9 Å². The van der Waals surface area contributed by atoms with Crippen molar-refractivity contribution in [2.24, 2.45) is 0 Å². The molecule has 1 saturated heterocycles. The van der Waals surface area contributed by atoms with E-state index < -0.39 is 12.3 Å². The number of rotatable bonds is 6. The first-order valence-corrected chi connectivity index (χ1v) is 8.66. The monoisotopic (exact) mass is 356 g/mol. The topological polar surface area (TPSA) is 47.7 Å². The van der Waals surface area contributed by atoms with E-state index in [2.05, 4.69) is 9.88 Å². The third kappa shape index (κ3) is 3.71. The van der Waals surface area contributed by atoms with E-state index in [1.165, 1.54) is 0 Å². The molecule has 0 spiro atoms. The number of methoxy groups -OCH3 is 1. The summed E-state index contributed by atoms with van der Waals surface area (Å²) in [6.45, 7) is 1.74. The van der Waals surface area contributed by atoms with Gasteiger partial charge in [-0.15, -0.1) is 0 Å². The van der Waals surface area contributed by atoms with Crippen molar-refractivity contribution < 1.29 is 18.3 Å². The zero-order valence-electron chi connectivity index (χ0n) is 14.6. The number of hydrogen-bond acceptors (Lipinski definition) is 5. The Morgan fingerprint density at radius 3 is 2.92 bits per heavy atom. The Balaban J connectivity index is 1.34. The van der Waals surface area contributed by atoms with Crippen LogP contribution >= 0.6 is 0 Å². The van der Waals surface area contributed by atoms with Gasteiger partial charge in [-0.05, 0) is 29.8 Å². The van der Waals surface area contributed by atoms with Gasteiger partial charge in [-0.1, -0.05) is 24.3 Å². The molecule has 1 aromatic heterocycles. The van der Waals surface area contributed by atoms with Crippen molar-refractivity contribution in [1.82, 2.24) is 9.88 Å². The van der Waals surface area contributed by atoms with Gasteiger partial charge in [0, 0.05) is 19.6 Å². The maximum atomic E-state index is 14.4. The van der Waals surface area contributed by atoms with Crippen molar-refractivity contribution in [1.29, 1.82) is 0 Å². The number of likely N-dealkylation sites (tertiary alicyclic amines) is 1. The minimum absolute atomic E-state index is 0.173. The molecule has 0 unspecified atom stereocenters. The molecule has 2 aromatic carbocycles. The summed E-state index contributed by atoms with van der Waals surface area (Å²) in [6.07, 6.45) is -1.50. The molecule has 1 fully saturated rings. The molecule has 1 aliphatic rings. The molecule has 2 atom stereocenters. The molecular weight excluding hydrogens is 335 g/mol. The molecule has 6 heteroatoms. The van der Waals surface area contributed by atoms with Crippen LogP contribution < -0.4 is 4.74 Å². The van der Waals surface area contributed by atoms with Gasteiger partial charge in [0.25, 0.3) is 0 Å². The normalized spacial score (nSPS) is 20.7.